The van der Waals surface area contributed by atoms with Gasteiger partial charge in [0.05, 0.1) is 5.51 Å². The van der Waals surface area contributed by atoms with E-state index in [1.807, 2.05) is 18.7 Å². The molecule has 6 nitrogen and oxygen atoms in total. The van der Waals surface area contributed by atoms with Gasteiger partial charge in [0.1, 0.15) is 17.1 Å². The Balaban J connectivity index is 2.00. The summed E-state index contributed by atoms with van der Waals surface area (Å²) in [4.78, 5) is 27.4. The number of nitrogens with two attached hydrogens (primary N) is 1. The van der Waals surface area contributed by atoms with Crippen LogP contribution in [0.25, 0.3) is 0 Å². The van der Waals surface area contributed by atoms with Gasteiger partial charge in [0.2, 0.25) is 0 Å². The van der Waals surface area contributed by atoms with E-state index in [0.717, 1.165) is 18.5 Å². The zero-order chi connectivity index (χ0) is 15.0. The van der Waals surface area contributed by atoms with Gasteiger partial charge in [-0.3, -0.25) is 4.79 Å². The van der Waals surface area contributed by atoms with E-state index in [2.05, 4.69) is 15.0 Å². The topological polar surface area (TPSA) is 85.0 Å². The second kappa shape index (κ2) is 5.07. The van der Waals surface area contributed by atoms with Gasteiger partial charge >= 0.3 is 0 Å². The third-order valence-electron chi connectivity index (χ3n) is 3.89. The molecular formula is C14H17N5OS. The first-order chi connectivity index (χ1) is 10.0. The van der Waals surface area contributed by atoms with Gasteiger partial charge in [-0.15, -0.1) is 11.3 Å². The van der Waals surface area contributed by atoms with Crippen LogP contribution in [0.15, 0.2) is 17.0 Å². The summed E-state index contributed by atoms with van der Waals surface area (Å²) >= 11 is 1.42. The van der Waals surface area contributed by atoms with E-state index in [9.17, 15) is 4.79 Å². The summed E-state index contributed by atoms with van der Waals surface area (Å²) in [5.41, 5.74) is 8.27. The lowest BCUT2D eigenvalue weighted by Crippen LogP contribution is -2.44. The Morgan fingerprint density at radius 2 is 2.29 bits per heavy atom. The average Bonchev–Trinajstić information content (AvgIpc) is 3.06. The van der Waals surface area contributed by atoms with Crippen molar-refractivity contribution in [3.8, 4) is 0 Å². The maximum Gasteiger partial charge on any atom is 0.274 e. The number of hydrogen-bond acceptors (Lipinski definition) is 6. The Hall–Kier alpha value is -2.02. The van der Waals surface area contributed by atoms with Gasteiger partial charge in [-0.1, -0.05) is 0 Å². The Morgan fingerprint density at radius 1 is 1.48 bits per heavy atom. The molecule has 1 aliphatic rings. The lowest BCUT2D eigenvalue weighted by atomic mass is 9.97. The molecule has 110 valence electrons. The Kier molecular flexibility index (Phi) is 3.36. The molecule has 0 aromatic carbocycles. The lowest BCUT2D eigenvalue weighted by molar-refractivity contribution is 0.0598. The molecule has 2 aromatic rings. The number of likely N-dealkylation sites (tertiary alicyclic amines) is 1. The number of aryl methyl sites for hydroxylation is 1. The predicted molar refractivity (Wildman–Crippen MR) is 80.9 cm³/mol. The molecule has 21 heavy (non-hydrogen) atoms. The SMILES string of the molecule is Cc1cc(N)nc([C@@]2(C)CCCN2C(=O)c2cscn2)n1. The van der Waals surface area contributed by atoms with Crippen molar-refractivity contribution in [1.82, 2.24) is 19.9 Å². The van der Waals surface area contributed by atoms with E-state index in [-0.39, 0.29) is 5.91 Å². The number of carbonyl (C=O) groups is 1. The van der Waals surface area contributed by atoms with Crippen molar-refractivity contribution in [1.29, 1.82) is 0 Å². The van der Waals surface area contributed by atoms with Crippen molar-refractivity contribution in [2.24, 2.45) is 0 Å². The van der Waals surface area contributed by atoms with Crippen molar-refractivity contribution in [2.75, 3.05) is 12.3 Å². The van der Waals surface area contributed by atoms with E-state index < -0.39 is 5.54 Å². The van der Waals surface area contributed by atoms with Crippen molar-refractivity contribution in [2.45, 2.75) is 32.2 Å². The zero-order valence-corrected chi connectivity index (χ0v) is 12.9. The number of hydrogen-bond donors (Lipinski definition) is 1. The molecule has 0 saturated carbocycles. The van der Waals surface area contributed by atoms with Gasteiger partial charge < -0.3 is 10.6 Å². The van der Waals surface area contributed by atoms with E-state index in [0.29, 0.717) is 23.9 Å². The molecule has 0 bridgehead atoms. The third kappa shape index (κ3) is 2.37. The highest BCUT2D eigenvalue weighted by Gasteiger charge is 2.44. The predicted octanol–water partition coefficient (Wildman–Crippen LogP) is 1.98. The molecule has 2 N–H and O–H groups in total. The highest BCUT2D eigenvalue weighted by Crippen LogP contribution is 2.38. The third-order valence-corrected chi connectivity index (χ3v) is 4.48. The number of carbonyl (C=O) groups excluding carboxylic acids is 1. The molecule has 1 atom stereocenters. The zero-order valence-electron chi connectivity index (χ0n) is 12.0. The molecule has 3 heterocycles. The molecule has 1 aliphatic heterocycles. The van der Waals surface area contributed by atoms with Crippen LogP contribution in [-0.2, 0) is 5.54 Å². The molecule has 3 rings (SSSR count). The molecule has 1 amide bonds. The van der Waals surface area contributed by atoms with Crippen LogP contribution in [0.3, 0.4) is 0 Å². The number of rotatable bonds is 2. The minimum absolute atomic E-state index is 0.0695. The number of nitrogen functional groups attached to an aromatic ring is 1. The van der Waals surface area contributed by atoms with Crippen LogP contribution >= 0.6 is 11.3 Å². The van der Waals surface area contributed by atoms with Crippen LogP contribution in [-0.4, -0.2) is 32.3 Å². The first kappa shape index (κ1) is 13.9. The van der Waals surface area contributed by atoms with Crippen LogP contribution in [0.5, 0.6) is 0 Å². The van der Waals surface area contributed by atoms with Gasteiger partial charge in [-0.25, -0.2) is 15.0 Å². The molecule has 0 unspecified atom stereocenters. The van der Waals surface area contributed by atoms with Crippen molar-refractivity contribution in [3.05, 3.63) is 34.2 Å². The van der Waals surface area contributed by atoms with Crippen LogP contribution in [0, 0.1) is 6.92 Å². The lowest BCUT2D eigenvalue weighted by Gasteiger charge is -2.33. The summed E-state index contributed by atoms with van der Waals surface area (Å²) < 4.78 is 0. The molecule has 7 heteroatoms. The van der Waals surface area contributed by atoms with E-state index in [1.165, 1.54) is 11.3 Å². The monoisotopic (exact) mass is 303 g/mol. The normalized spacial score (nSPS) is 21.7. The van der Waals surface area contributed by atoms with Crippen LogP contribution in [0.1, 0.15) is 41.8 Å². The second-order valence-electron chi connectivity index (χ2n) is 5.47. The largest absolute Gasteiger partial charge is 0.384 e. The first-order valence-corrected chi connectivity index (χ1v) is 7.77. The van der Waals surface area contributed by atoms with E-state index >= 15 is 0 Å². The standard InChI is InChI=1S/C14H17N5OS/c1-9-6-11(15)18-13(17-9)14(2)4-3-5-19(14)12(20)10-7-21-8-16-10/h6-8H,3-5H2,1-2H3,(H2,15,17,18)/t14-/m1/s1. The van der Waals surface area contributed by atoms with Crippen molar-refractivity contribution in [3.63, 3.8) is 0 Å². The summed E-state index contributed by atoms with van der Waals surface area (Å²) in [7, 11) is 0. The minimum atomic E-state index is -0.527. The molecule has 0 aliphatic carbocycles. The number of anilines is 1. The van der Waals surface area contributed by atoms with Gasteiger partial charge in [-0.2, -0.15) is 0 Å². The molecular weight excluding hydrogens is 286 g/mol. The average molecular weight is 303 g/mol. The molecule has 1 saturated heterocycles. The van der Waals surface area contributed by atoms with Crippen molar-refractivity contribution >= 4 is 23.1 Å². The fraction of sp³-hybridized carbons (Fsp3) is 0.429. The second-order valence-corrected chi connectivity index (χ2v) is 6.18. The summed E-state index contributed by atoms with van der Waals surface area (Å²) in [5, 5.41) is 1.77. The maximum atomic E-state index is 12.7. The summed E-state index contributed by atoms with van der Waals surface area (Å²) in [5.74, 6) is 0.979. The number of nitrogens with zero attached hydrogens (tertiary/aromatic N) is 4. The Bertz CT molecular complexity index is 652. The Labute approximate surface area is 127 Å². The number of amides is 1. The van der Waals surface area contributed by atoms with Crippen LogP contribution < -0.4 is 5.73 Å². The smallest absolute Gasteiger partial charge is 0.274 e. The number of thiazole rings is 1. The van der Waals surface area contributed by atoms with E-state index in [1.54, 1.807) is 17.0 Å². The van der Waals surface area contributed by atoms with E-state index in [4.69, 9.17) is 5.73 Å². The van der Waals surface area contributed by atoms with Crippen LogP contribution in [0.2, 0.25) is 0 Å². The maximum absolute atomic E-state index is 12.7. The molecule has 0 spiro atoms. The van der Waals surface area contributed by atoms with Gasteiger partial charge in [0.25, 0.3) is 5.91 Å². The van der Waals surface area contributed by atoms with Crippen LogP contribution in [0.4, 0.5) is 5.82 Å². The Morgan fingerprint density at radius 3 is 2.95 bits per heavy atom. The minimum Gasteiger partial charge on any atom is -0.384 e. The molecule has 1 fully saturated rings. The van der Waals surface area contributed by atoms with Gasteiger partial charge in [0, 0.05) is 23.7 Å². The highest BCUT2D eigenvalue weighted by atomic mass is 32.1. The summed E-state index contributed by atoms with van der Waals surface area (Å²) in [6, 6.07) is 1.73. The summed E-state index contributed by atoms with van der Waals surface area (Å²) in [6.45, 7) is 4.56. The number of aromatic nitrogens is 3. The fourth-order valence-electron chi connectivity index (χ4n) is 2.81. The first-order valence-electron chi connectivity index (χ1n) is 6.82. The summed E-state index contributed by atoms with van der Waals surface area (Å²) in [6.07, 6.45) is 1.75. The van der Waals surface area contributed by atoms with Crippen molar-refractivity contribution < 1.29 is 4.79 Å². The van der Waals surface area contributed by atoms with Gasteiger partial charge in [-0.05, 0) is 26.7 Å². The molecule has 0 radical (unpaired) electrons. The highest BCUT2D eigenvalue weighted by molar-refractivity contribution is 7.07. The fourth-order valence-corrected chi connectivity index (χ4v) is 3.34. The quantitative estimate of drug-likeness (QED) is 0.917. The van der Waals surface area contributed by atoms with Gasteiger partial charge in [0.15, 0.2) is 5.82 Å². The molecule has 2 aromatic heterocycles.